The van der Waals surface area contributed by atoms with E-state index in [0.717, 1.165) is 11.4 Å². The van der Waals surface area contributed by atoms with Crippen LogP contribution in [0, 0.1) is 0 Å². The molecular formula is C46H29NS2. The fourth-order valence-corrected chi connectivity index (χ4v) is 9.88. The first-order chi connectivity index (χ1) is 24.3. The van der Waals surface area contributed by atoms with E-state index >= 15 is 0 Å². The maximum absolute atomic E-state index is 2.48. The molecule has 8 aromatic carbocycles. The SMILES string of the molecule is c1ccc(-c2ccc(N(c3cc(-c4ccccc4)c4sc5c6ccccc6ccc5c4c3)c3cccc4c3sc3ccccc34)cc2)cc1. The summed E-state index contributed by atoms with van der Waals surface area (Å²) in [4.78, 5) is 2.48. The fraction of sp³-hybridized carbons (Fsp3) is 0. The van der Waals surface area contributed by atoms with Gasteiger partial charge < -0.3 is 4.90 Å². The summed E-state index contributed by atoms with van der Waals surface area (Å²) in [6.45, 7) is 0. The third kappa shape index (κ3) is 4.66. The molecule has 0 aliphatic carbocycles. The Hall–Kier alpha value is -5.74. The minimum atomic E-state index is 1.13. The topological polar surface area (TPSA) is 3.24 Å². The van der Waals surface area contributed by atoms with Crippen molar-refractivity contribution in [2.75, 3.05) is 4.90 Å². The summed E-state index contributed by atoms with van der Waals surface area (Å²) in [7, 11) is 0. The van der Waals surface area contributed by atoms with Crippen LogP contribution in [0.4, 0.5) is 17.1 Å². The van der Waals surface area contributed by atoms with Crippen molar-refractivity contribution in [3.05, 3.63) is 176 Å². The number of benzene rings is 8. The van der Waals surface area contributed by atoms with Gasteiger partial charge in [0.05, 0.1) is 10.4 Å². The summed E-state index contributed by atoms with van der Waals surface area (Å²) in [6, 6.07) is 64.3. The smallest absolute Gasteiger partial charge is 0.0640 e. The van der Waals surface area contributed by atoms with Gasteiger partial charge in [0.25, 0.3) is 0 Å². The lowest BCUT2D eigenvalue weighted by Crippen LogP contribution is -2.10. The van der Waals surface area contributed by atoms with E-state index in [-0.39, 0.29) is 0 Å². The standard InChI is InChI=1S/C46H29NS2/c1-3-12-30(13-4-1)31-22-25-34(26-23-31)47(42-20-11-19-38-37-18-9-10-21-43(37)48-46(38)42)35-28-40(32-14-5-2-6-15-32)45-41(29-35)39-27-24-33-16-7-8-17-36(33)44(39)49-45/h1-29H. The van der Waals surface area contributed by atoms with Gasteiger partial charge in [0, 0.05) is 52.6 Å². The van der Waals surface area contributed by atoms with Crippen LogP contribution in [-0.4, -0.2) is 0 Å². The Bertz CT molecular complexity index is 2810. The second kappa shape index (κ2) is 11.5. The molecule has 2 heterocycles. The number of hydrogen-bond acceptors (Lipinski definition) is 3. The Balaban J connectivity index is 1.28. The predicted octanol–water partition coefficient (Wildman–Crippen LogP) is 14.4. The molecule has 0 spiro atoms. The number of hydrogen-bond donors (Lipinski definition) is 0. The minimum Gasteiger partial charge on any atom is -0.309 e. The third-order valence-corrected chi connectivity index (χ3v) is 12.1. The van der Waals surface area contributed by atoms with Gasteiger partial charge in [-0.15, -0.1) is 22.7 Å². The highest BCUT2D eigenvalue weighted by Gasteiger charge is 2.22. The van der Waals surface area contributed by atoms with Gasteiger partial charge in [-0.1, -0.05) is 140 Å². The molecule has 230 valence electrons. The van der Waals surface area contributed by atoms with Gasteiger partial charge in [-0.25, -0.2) is 0 Å². The van der Waals surface area contributed by atoms with E-state index in [0.29, 0.717) is 0 Å². The molecule has 0 saturated heterocycles. The summed E-state index contributed by atoms with van der Waals surface area (Å²) < 4.78 is 5.26. The fourth-order valence-electron chi connectivity index (χ4n) is 7.32. The van der Waals surface area contributed by atoms with Gasteiger partial charge in [-0.05, 0) is 63.9 Å². The molecule has 0 aliphatic heterocycles. The van der Waals surface area contributed by atoms with Gasteiger partial charge in [0.15, 0.2) is 0 Å². The van der Waals surface area contributed by atoms with Gasteiger partial charge >= 0.3 is 0 Å². The van der Waals surface area contributed by atoms with E-state index in [2.05, 4.69) is 181 Å². The van der Waals surface area contributed by atoms with Crippen LogP contribution in [0.15, 0.2) is 176 Å². The van der Waals surface area contributed by atoms with Crippen LogP contribution >= 0.6 is 22.7 Å². The third-order valence-electron chi connectivity index (χ3n) is 9.65. The number of anilines is 3. The van der Waals surface area contributed by atoms with E-state index in [4.69, 9.17) is 0 Å². The summed E-state index contributed by atoms with van der Waals surface area (Å²) in [6.07, 6.45) is 0. The van der Waals surface area contributed by atoms with Crippen molar-refractivity contribution in [3.63, 3.8) is 0 Å². The molecule has 0 atom stereocenters. The van der Waals surface area contributed by atoms with Crippen molar-refractivity contribution in [1.82, 2.24) is 0 Å². The van der Waals surface area contributed by atoms with Crippen molar-refractivity contribution in [2.45, 2.75) is 0 Å². The minimum absolute atomic E-state index is 1.13. The van der Waals surface area contributed by atoms with Gasteiger partial charge in [0.2, 0.25) is 0 Å². The molecule has 49 heavy (non-hydrogen) atoms. The Morgan fingerprint density at radius 3 is 1.82 bits per heavy atom. The summed E-state index contributed by atoms with van der Waals surface area (Å²) in [5, 5.41) is 7.78. The lowest BCUT2D eigenvalue weighted by atomic mass is 9.99. The zero-order valence-electron chi connectivity index (χ0n) is 26.5. The van der Waals surface area contributed by atoms with E-state index in [9.17, 15) is 0 Å². The summed E-state index contributed by atoms with van der Waals surface area (Å²) in [5.74, 6) is 0. The van der Waals surface area contributed by atoms with E-state index in [1.165, 1.54) is 79.1 Å². The lowest BCUT2D eigenvalue weighted by Gasteiger charge is -2.27. The van der Waals surface area contributed by atoms with Crippen LogP contribution in [-0.2, 0) is 0 Å². The molecule has 0 N–H and O–H groups in total. The molecule has 0 fully saturated rings. The molecule has 0 amide bonds. The van der Waals surface area contributed by atoms with E-state index in [1.54, 1.807) is 0 Å². The molecule has 2 aromatic heterocycles. The van der Waals surface area contributed by atoms with Crippen molar-refractivity contribution < 1.29 is 0 Å². The van der Waals surface area contributed by atoms with Crippen LogP contribution < -0.4 is 4.90 Å². The second-order valence-electron chi connectivity index (χ2n) is 12.5. The van der Waals surface area contributed by atoms with Crippen molar-refractivity contribution in [2.24, 2.45) is 0 Å². The van der Waals surface area contributed by atoms with Gasteiger partial charge in [-0.3, -0.25) is 0 Å². The molecule has 0 saturated carbocycles. The normalized spacial score (nSPS) is 11.7. The Morgan fingerprint density at radius 2 is 1.00 bits per heavy atom. The Morgan fingerprint density at radius 1 is 0.347 bits per heavy atom. The van der Waals surface area contributed by atoms with Gasteiger partial charge in [-0.2, -0.15) is 0 Å². The van der Waals surface area contributed by atoms with Crippen molar-refractivity contribution >= 4 is 90.9 Å². The summed E-state index contributed by atoms with van der Waals surface area (Å²) in [5.41, 5.74) is 8.38. The molecule has 1 nitrogen and oxygen atoms in total. The molecular weight excluding hydrogens is 631 g/mol. The zero-order valence-corrected chi connectivity index (χ0v) is 28.1. The lowest BCUT2D eigenvalue weighted by molar-refractivity contribution is 1.31. The maximum atomic E-state index is 2.48. The first kappa shape index (κ1) is 28.3. The first-order valence-corrected chi connectivity index (χ1v) is 18.2. The second-order valence-corrected chi connectivity index (χ2v) is 14.6. The molecule has 10 rings (SSSR count). The Kier molecular flexibility index (Phi) is 6.61. The van der Waals surface area contributed by atoms with Crippen LogP contribution in [0.25, 0.3) is 73.4 Å². The number of rotatable bonds is 5. The van der Waals surface area contributed by atoms with Crippen LogP contribution in [0.2, 0.25) is 0 Å². The number of thiophene rings is 2. The van der Waals surface area contributed by atoms with Crippen LogP contribution in [0.1, 0.15) is 0 Å². The number of fused-ring (bicyclic) bond motifs is 8. The summed E-state index contributed by atoms with van der Waals surface area (Å²) >= 11 is 3.79. The van der Waals surface area contributed by atoms with Crippen molar-refractivity contribution in [3.8, 4) is 22.3 Å². The average Bonchev–Trinajstić information content (AvgIpc) is 3.75. The highest BCUT2D eigenvalue weighted by molar-refractivity contribution is 7.27. The first-order valence-electron chi connectivity index (χ1n) is 16.6. The average molecular weight is 660 g/mol. The molecule has 0 aliphatic rings. The highest BCUT2D eigenvalue weighted by Crippen LogP contribution is 2.49. The number of nitrogens with zero attached hydrogens (tertiary/aromatic N) is 1. The predicted molar refractivity (Wildman–Crippen MR) is 215 cm³/mol. The zero-order chi connectivity index (χ0) is 32.3. The molecule has 10 aromatic rings. The molecule has 0 bridgehead atoms. The van der Waals surface area contributed by atoms with Crippen molar-refractivity contribution in [1.29, 1.82) is 0 Å². The monoisotopic (exact) mass is 659 g/mol. The molecule has 0 radical (unpaired) electrons. The van der Waals surface area contributed by atoms with Gasteiger partial charge in [0.1, 0.15) is 0 Å². The highest BCUT2D eigenvalue weighted by atomic mass is 32.1. The quantitative estimate of drug-likeness (QED) is 0.178. The maximum Gasteiger partial charge on any atom is 0.0640 e. The molecule has 3 heteroatoms. The van der Waals surface area contributed by atoms with E-state index in [1.807, 2.05) is 22.7 Å². The molecule has 0 unspecified atom stereocenters. The van der Waals surface area contributed by atoms with Crippen LogP contribution in [0.3, 0.4) is 0 Å². The Labute approximate surface area is 292 Å². The van der Waals surface area contributed by atoms with E-state index < -0.39 is 0 Å². The van der Waals surface area contributed by atoms with Crippen LogP contribution in [0.5, 0.6) is 0 Å². The largest absolute Gasteiger partial charge is 0.309 e.